The number of anilines is 1. The summed E-state index contributed by atoms with van der Waals surface area (Å²) < 4.78 is 5.90. The van der Waals surface area contributed by atoms with Crippen molar-refractivity contribution < 1.29 is 4.74 Å². The number of benzene rings is 1. The number of fused-ring (bicyclic) bond motifs is 1. The van der Waals surface area contributed by atoms with Crippen molar-refractivity contribution in [3.8, 4) is 5.75 Å². The molecule has 1 heterocycles. The van der Waals surface area contributed by atoms with E-state index in [1.807, 2.05) is 0 Å². The van der Waals surface area contributed by atoms with E-state index < -0.39 is 0 Å². The first-order valence-electron chi connectivity index (χ1n) is 5.83. The van der Waals surface area contributed by atoms with Crippen LogP contribution in [0.4, 0.5) is 5.69 Å². The van der Waals surface area contributed by atoms with Gasteiger partial charge in [-0.15, -0.1) is 0 Å². The standard InChI is InChI=1S/C13H19NO/c1-3-10(2)15-12-8-4-6-11-7-5-9-14-13(11)12/h4,6,8,10,14H,3,5,7,9H2,1-2H3. The molecular weight excluding hydrogens is 186 g/mol. The third-order valence-corrected chi connectivity index (χ3v) is 2.94. The van der Waals surface area contributed by atoms with Gasteiger partial charge in [0.15, 0.2) is 0 Å². The number of hydrogen-bond acceptors (Lipinski definition) is 2. The summed E-state index contributed by atoms with van der Waals surface area (Å²) in [5.74, 6) is 1.02. The van der Waals surface area contributed by atoms with Gasteiger partial charge in [-0.3, -0.25) is 0 Å². The summed E-state index contributed by atoms with van der Waals surface area (Å²) in [4.78, 5) is 0. The monoisotopic (exact) mass is 205 g/mol. The summed E-state index contributed by atoms with van der Waals surface area (Å²) in [6.07, 6.45) is 3.73. The fraction of sp³-hybridized carbons (Fsp3) is 0.538. The highest BCUT2D eigenvalue weighted by molar-refractivity contribution is 5.63. The molecule has 2 heteroatoms. The van der Waals surface area contributed by atoms with Crippen LogP contribution in [0.5, 0.6) is 5.75 Å². The van der Waals surface area contributed by atoms with Gasteiger partial charge in [-0.25, -0.2) is 0 Å². The molecule has 1 aliphatic rings. The number of ether oxygens (including phenoxy) is 1. The molecule has 15 heavy (non-hydrogen) atoms. The third kappa shape index (κ3) is 2.25. The van der Waals surface area contributed by atoms with E-state index in [4.69, 9.17) is 4.74 Å². The molecule has 0 fully saturated rings. The molecule has 0 saturated carbocycles. The van der Waals surface area contributed by atoms with Crippen LogP contribution in [0.3, 0.4) is 0 Å². The molecule has 0 aliphatic carbocycles. The predicted octanol–water partition coefficient (Wildman–Crippen LogP) is 3.22. The number of para-hydroxylation sites is 1. The van der Waals surface area contributed by atoms with Crippen molar-refractivity contribution in [1.82, 2.24) is 0 Å². The number of aryl methyl sites for hydroxylation is 1. The van der Waals surface area contributed by atoms with E-state index in [1.165, 1.54) is 24.1 Å². The second-order valence-electron chi connectivity index (χ2n) is 4.16. The Hall–Kier alpha value is -1.18. The van der Waals surface area contributed by atoms with Gasteiger partial charge in [-0.1, -0.05) is 19.1 Å². The largest absolute Gasteiger partial charge is 0.489 e. The van der Waals surface area contributed by atoms with Gasteiger partial charge in [0.1, 0.15) is 5.75 Å². The Kier molecular flexibility index (Phi) is 3.14. The van der Waals surface area contributed by atoms with E-state index in [1.54, 1.807) is 0 Å². The van der Waals surface area contributed by atoms with E-state index in [2.05, 4.69) is 37.4 Å². The molecule has 2 rings (SSSR count). The molecule has 1 aromatic rings. The van der Waals surface area contributed by atoms with Crippen molar-refractivity contribution in [2.45, 2.75) is 39.2 Å². The Morgan fingerprint density at radius 3 is 3.13 bits per heavy atom. The van der Waals surface area contributed by atoms with Gasteiger partial charge in [0, 0.05) is 6.54 Å². The fourth-order valence-corrected chi connectivity index (χ4v) is 1.88. The maximum absolute atomic E-state index is 5.90. The van der Waals surface area contributed by atoms with E-state index in [0.29, 0.717) is 6.10 Å². The summed E-state index contributed by atoms with van der Waals surface area (Å²) in [7, 11) is 0. The highest BCUT2D eigenvalue weighted by Gasteiger charge is 2.14. The zero-order chi connectivity index (χ0) is 10.7. The Labute approximate surface area is 91.6 Å². The molecule has 0 amide bonds. The molecular formula is C13H19NO. The van der Waals surface area contributed by atoms with Crippen LogP contribution in [0.2, 0.25) is 0 Å². The summed E-state index contributed by atoms with van der Waals surface area (Å²) >= 11 is 0. The Bertz CT molecular complexity index is 335. The maximum atomic E-state index is 5.90. The van der Waals surface area contributed by atoms with Gasteiger partial charge < -0.3 is 10.1 Å². The Morgan fingerprint density at radius 1 is 1.47 bits per heavy atom. The molecule has 1 aromatic carbocycles. The lowest BCUT2D eigenvalue weighted by Crippen LogP contribution is -2.16. The van der Waals surface area contributed by atoms with Crippen molar-refractivity contribution in [1.29, 1.82) is 0 Å². The number of rotatable bonds is 3. The molecule has 1 unspecified atom stereocenters. The molecule has 1 atom stereocenters. The summed E-state index contributed by atoms with van der Waals surface area (Å²) in [6, 6.07) is 6.33. The van der Waals surface area contributed by atoms with Crippen LogP contribution in [-0.4, -0.2) is 12.6 Å². The predicted molar refractivity (Wildman–Crippen MR) is 63.6 cm³/mol. The highest BCUT2D eigenvalue weighted by atomic mass is 16.5. The lowest BCUT2D eigenvalue weighted by Gasteiger charge is -2.23. The minimum atomic E-state index is 0.292. The molecule has 0 saturated heterocycles. The molecule has 0 radical (unpaired) electrons. The maximum Gasteiger partial charge on any atom is 0.143 e. The van der Waals surface area contributed by atoms with Crippen molar-refractivity contribution in [3.63, 3.8) is 0 Å². The Morgan fingerprint density at radius 2 is 2.33 bits per heavy atom. The molecule has 2 nitrogen and oxygen atoms in total. The first-order valence-corrected chi connectivity index (χ1v) is 5.83. The lowest BCUT2D eigenvalue weighted by molar-refractivity contribution is 0.218. The topological polar surface area (TPSA) is 21.3 Å². The lowest BCUT2D eigenvalue weighted by atomic mass is 10.0. The SMILES string of the molecule is CCC(C)Oc1cccc2c1NCCC2. The first-order chi connectivity index (χ1) is 7.31. The minimum Gasteiger partial charge on any atom is -0.489 e. The Balaban J connectivity index is 2.23. The molecule has 1 N–H and O–H groups in total. The summed E-state index contributed by atoms with van der Waals surface area (Å²) in [6.45, 7) is 5.32. The van der Waals surface area contributed by atoms with Crippen LogP contribution in [0.1, 0.15) is 32.3 Å². The minimum absolute atomic E-state index is 0.292. The van der Waals surface area contributed by atoms with Crippen LogP contribution in [-0.2, 0) is 6.42 Å². The molecule has 82 valence electrons. The van der Waals surface area contributed by atoms with Crippen LogP contribution in [0.25, 0.3) is 0 Å². The van der Waals surface area contributed by atoms with E-state index >= 15 is 0 Å². The van der Waals surface area contributed by atoms with E-state index in [-0.39, 0.29) is 0 Å². The fourth-order valence-electron chi connectivity index (χ4n) is 1.88. The number of nitrogens with one attached hydrogen (secondary N) is 1. The van der Waals surface area contributed by atoms with Crippen LogP contribution < -0.4 is 10.1 Å². The van der Waals surface area contributed by atoms with Crippen molar-refractivity contribution in [2.24, 2.45) is 0 Å². The average Bonchev–Trinajstić information content (AvgIpc) is 2.29. The summed E-state index contributed by atoms with van der Waals surface area (Å²) in [5, 5.41) is 3.44. The number of hydrogen-bond donors (Lipinski definition) is 1. The van der Waals surface area contributed by atoms with Crippen LogP contribution >= 0.6 is 0 Å². The normalized spacial score (nSPS) is 16.4. The summed E-state index contributed by atoms with van der Waals surface area (Å²) in [5.41, 5.74) is 2.60. The molecule has 0 bridgehead atoms. The van der Waals surface area contributed by atoms with Crippen molar-refractivity contribution in [2.75, 3.05) is 11.9 Å². The zero-order valence-corrected chi connectivity index (χ0v) is 9.55. The van der Waals surface area contributed by atoms with Gasteiger partial charge >= 0.3 is 0 Å². The smallest absolute Gasteiger partial charge is 0.143 e. The molecule has 1 aliphatic heterocycles. The van der Waals surface area contributed by atoms with Crippen molar-refractivity contribution in [3.05, 3.63) is 23.8 Å². The van der Waals surface area contributed by atoms with Gasteiger partial charge in [-0.05, 0) is 37.8 Å². The average molecular weight is 205 g/mol. The van der Waals surface area contributed by atoms with Crippen molar-refractivity contribution >= 4 is 5.69 Å². The first kappa shape index (κ1) is 10.3. The quantitative estimate of drug-likeness (QED) is 0.818. The molecule has 0 spiro atoms. The second kappa shape index (κ2) is 4.56. The highest BCUT2D eigenvalue weighted by Crippen LogP contribution is 2.32. The second-order valence-corrected chi connectivity index (χ2v) is 4.16. The molecule has 0 aromatic heterocycles. The zero-order valence-electron chi connectivity index (χ0n) is 9.55. The van der Waals surface area contributed by atoms with E-state index in [9.17, 15) is 0 Å². The van der Waals surface area contributed by atoms with Gasteiger partial charge in [-0.2, -0.15) is 0 Å². The van der Waals surface area contributed by atoms with Crippen LogP contribution in [0.15, 0.2) is 18.2 Å². The van der Waals surface area contributed by atoms with Gasteiger partial charge in [0.25, 0.3) is 0 Å². The van der Waals surface area contributed by atoms with Gasteiger partial charge in [0.05, 0.1) is 11.8 Å². The third-order valence-electron chi connectivity index (χ3n) is 2.94. The van der Waals surface area contributed by atoms with Gasteiger partial charge in [0.2, 0.25) is 0 Å². The van der Waals surface area contributed by atoms with Crippen LogP contribution in [0, 0.1) is 0 Å². The van der Waals surface area contributed by atoms with E-state index in [0.717, 1.165) is 18.7 Å².